The van der Waals surface area contributed by atoms with Crippen LogP contribution in [0.25, 0.3) is 11.5 Å². The van der Waals surface area contributed by atoms with Crippen LogP contribution in [0, 0.1) is 0 Å². The summed E-state index contributed by atoms with van der Waals surface area (Å²) in [6.07, 6.45) is 5.20. The zero-order valence-corrected chi connectivity index (χ0v) is 13.4. The molecule has 0 atom stereocenters. The molecule has 1 fully saturated rings. The van der Waals surface area contributed by atoms with Gasteiger partial charge in [-0.1, -0.05) is 40.3 Å². The topological polar surface area (TPSA) is 68.4 Å². The highest BCUT2D eigenvalue weighted by atomic mass is 79.9. The minimum absolute atomic E-state index is 0.106. The highest BCUT2D eigenvalue weighted by molar-refractivity contribution is 9.10. The first-order valence-corrected chi connectivity index (χ1v) is 7.82. The largest absolute Gasteiger partial charge is 0.507 e. The minimum Gasteiger partial charge on any atom is -0.507 e. The minimum atomic E-state index is -0.453. The Hall–Kier alpha value is -1.40. The summed E-state index contributed by atoms with van der Waals surface area (Å²) < 4.78 is 11.8. The molecule has 0 spiro atoms. The lowest BCUT2D eigenvalue weighted by Gasteiger charge is -2.32. The van der Waals surface area contributed by atoms with Crippen LogP contribution in [0.4, 0.5) is 0 Å². The molecule has 1 aromatic heterocycles. The lowest BCUT2D eigenvalue weighted by atomic mass is 9.84. The van der Waals surface area contributed by atoms with Crippen LogP contribution in [0.2, 0.25) is 0 Å². The number of aromatic hydroxyl groups is 1. The number of rotatable bonds is 3. The summed E-state index contributed by atoms with van der Waals surface area (Å²) in [5.74, 6) is 0.994. The monoisotopic (exact) mass is 352 g/mol. The van der Waals surface area contributed by atoms with E-state index in [9.17, 15) is 5.11 Å². The molecule has 0 amide bonds. The van der Waals surface area contributed by atoms with Gasteiger partial charge in [0.25, 0.3) is 5.89 Å². The van der Waals surface area contributed by atoms with Gasteiger partial charge in [0, 0.05) is 11.6 Å². The molecule has 0 saturated heterocycles. The van der Waals surface area contributed by atoms with E-state index in [2.05, 4.69) is 26.1 Å². The van der Waals surface area contributed by atoms with Gasteiger partial charge in [-0.25, -0.2) is 0 Å². The summed E-state index contributed by atoms with van der Waals surface area (Å²) in [4.78, 5) is 4.46. The Labute approximate surface area is 131 Å². The van der Waals surface area contributed by atoms with E-state index >= 15 is 0 Å². The number of benzene rings is 1. The normalized spacial score (nSPS) is 17.8. The average Bonchev–Trinajstić information content (AvgIpc) is 2.98. The van der Waals surface area contributed by atoms with Crippen LogP contribution in [0.1, 0.15) is 37.9 Å². The summed E-state index contributed by atoms with van der Waals surface area (Å²) in [7, 11) is 1.69. The fourth-order valence-electron chi connectivity index (χ4n) is 2.85. The Balaban J connectivity index is 1.95. The van der Waals surface area contributed by atoms with Crippen molar-refractivity contribution in [3.63, 3.8) is 0 Å². The molecular weight excluding hydrogens is 336 g/mol. The fraction of sp³-hybridized carbons (Fsp3) is 0.467. The van der Waals surface area contributed by atoms with E-state index in [0.717, 1.165) is 30.2 Å². The SMILES string of the molecule is COC1(c2noc(-c3ccc(Br)cc3O)n2)CCCCC1. The van der Waals surface area contributed by atoms with Crippen molar-refractivity contribution in [1.82, 2.24) is 10.1 Å². The average molecular weight is 353 g/mol. The Kier molecular flexibility index (Phi) is 3.99. The van der Waals surface area contributed by atoms with Crippen molar-refractivity contribution >= 4 is 15.9 Å². The van der Waals surface area contributed by atoms with Crippen molar-refractivity contribution in [1.29, 1.82) is 0 Å². The predicted molar refractivity (Wildman–Crippen MR) is 80.9 cm³/mol. The van der Waals surface area contributed by atoms with Gasteiger partial charge in [0.15, 0.2) is 0 Å². The van der Waals surface area contributed by atoms with Crippen molar-refractivity contribution in [2.45, 2.75) is 37.7 Å². The first-order chi connectivity index (χ1) is 10.1. The highest BCUT2D eigenvalue weighted by Crippen LogP contribution is 2.40. The number of hydrogen-bond acceptors (Lipinski definition) is 5. The molecule has 1 aliphatic rings. The second-order valence-corrected chi connectivity index (χ2v) is 6.26. The van der Waals surface area contributed by atoms with Crippen LogP contribution in [0.5, 0.6) is 5.75 Å². The van der Waals surface area contributed by atoms with E-state index < -0.39 is 5.60 Å². The molecule has 1 N–H and O–H groups in total. The predicted octanol–water partition coefficient (Wildman–Crippen LogP) is 4.01. The quantitative estimate of drug-likeness (QED) is 0.903. The molecule has 0 aliphatic heterocycles. The van der Waals surface area contributed by atoms with Gasteiger partial charge in [-0.2, -0.15) is 4.98 Å². The zero-order chi connectivity index (χ0) is 14.9. The van der Waals surface area contributed by atoms with E-state index in [1.54, 1.807) is 19.2 Å². The van der Waals surface area contributed by atoms with E-state index in [0.29, 0.717) is 17.3 Å². The number of ether oxygens (including phenoxy) is 1. The summed E-state index contributed by atoms with van der Waals surface area (Å²) in [5.41, 5.74) is 0.0735. The van der Waals surface area contributed by atoms with Crippen molar-refractivity contribution in [3.8, 4) is 17.2 Å². The Bertz CT molecular complexity index is 636. The Morgan fingerprint density at radius 2 is 2.05 bits per heavy atom. The Morgan fingerprint density at radius 1 is 1.29 bits per heavy atom. The molecule has 1 aromatic carbocycles. The van der Waals surface area contributed by atoms with Crippen LogP contribution < -0.4 is 0 Å². The molecule has 1 heterocycles. The van der Waals surface area contributed by atoms with Gasteiger partial charge in [0.2, 0.25) is 5.82 Å². The molecule has 1 saturated carbocycles. The summed E-state index contributed by atoms with van der Waals surface area (Å²) in [6.45, 7) is 0. The van der Waals surface area contributed by atoms with Crippen molar-refractivity contribution in [2.75, 3.05) is 7.11 Å². The van der Waals surface area contributed by atoms with Gasteiger partial charge < -0.3 is 14.4 Å². The standard InChI is InChI=1S/C15H17BrN2O3/c1-20-15(7-3-2-4-8-15)14-17-13(21-18-14)11-6-5-10(16)9-12(11)19/h5-6,9,19H,2-4,7-8H2,1H3. The van der Waals surface area contributed by atoms with Crippen LogP contribution in [0.3, 0.4) is 0 Å². The zero-order valence-electron chi connectivity index (χ0n) is 11.8. The second-order valence-electron chi connectivity index (χ2n) is 5.34. The maximum atomic E-state index is 10.00. The fourth-order valence-corrected chi connectivity index (χ4v) is 3.19. The maximum absolute atomic E-state index is 10.00. The Morgan fingerprint density at radius 3 is 2.71 bits per heavy atom. The first-order valence-electron chi connectivity index (χ1n) is 7.03. The van der Waals surface area contributed by atoms with E-state index in [4.69, 9.17) is 9.26 Å². The van der Waals surface area contributed by atoms with Gasteiger partial charge in [-0.3, -0.25) is 0 Å². The molecule has 21 heavy (non-hydrogen) atoms. The van der Waals surface area contributed by atoms with Gasteiger partial charge in [-0.15, -0.1) is 0 Å². The van der Waals surface area contributed by atoms with Crippen LogP contribution in [0.15, 0.2) is 27.2 Å². The number of nitrogens with zero attached hydrogens (tertiary/aromatic N) is 2. The molecule has 5 nitrogen and oxygen atoms in total. The molecule has 3 rings (SSSR count). The van der Waals surface area contributed by atoms with Crippen molar-refractivity contribution < 1.29 is 14.4 Å². The van der Waals surface area contributed by atoms with Gasteiger partial charge in [0.05, 0.1) is 5.56 Å². The molecule has 0 bridgehead atoms. The number of halogens is 1. The van der Waals surface area contributed by atoms with Crippen molar-refractivity contribution in [3.05, 3.63) is 28.5 Å². The number of phenolic OH excluding ortho intramolecular Hbond substituents is 1. The van der Waals surface area contributed by atoms with E-state index in [1.165, 1.54) is 6.42 Å². The molecule has 0 radical (unpaired) electrons. The number of methoxy groups -OCH3 is 1. The third kappa shape index (κ3) is 2.70. The smallest absolute Gasteiger partial charge is 0.261 e. The lowest BCUT2D eigenvalue weighted by Crippen LogP contribution is -2.32. The van der Waals surface area contributed by atoms with Crippen LogP contribution >= 0.6 is 15.9 Å². The number of phenols is 1. The maximum Gasteiger partial charge on any atom is 0.261 e. The van der Waals surface area contributed by atoms with E-state index in [-0.39, 0.29) is 5.75 Å². The first kappa shape index (κ1) is 14.5. The summed E-state index contributed by atoms with van der Waals surface area (Å²) in [6, 6.07) is 5.18. The van der Waals surface area contributed by atoms with Gasteiger partial charge in [-0.05, 0) is 31.0 Å². The molecule has 1 aliphatic carbocycles. The molecule has 6 heteroatoms. The van der Waals surface area contributed by atoms with Gasteiger partial charge in [0.1, 0.15) is 11.4 Å². The third-order valence-electron chi connectivity index (χ3n) is 4.08. The molecule has 2 aromatic rings. The summed E-state index contributed by atoms with van der Waals surface area (Å²) in [5, 5.41) is 14.1. The lowest BCUT2D eigenvalue weighted by molar-refractivity contribution is -0.0527. The van der Waals surface area contributed by atoms with Crippen molar-refractivity contribution in [2.24, 2.45) is 0 Å². The van der Waals surface area contributed by atoms with E-state index in [1.807, 2.05) is 6.07 Å². The molecular formula is C15H17BrN2O3. The summed E-state index contributed by atoms with van der Waals surface area (Å²) >= 11 is 3.31. The number of aromatic nitrogens is 2. The second kappa shape index (κ2) is 5.77. The molecule has 0 unspecified atom stereocenters. The highest BCUT2D eigenvalue weighted by Gasteiger charge is 2.38. The third-order valence-corrected chi connectivity index (χ3v) is 4.57. The van der Waals surface area contributed by atoms with Crippen LogP contribution in [-0.4, -0.2) is 22.4 Å². The van der Waals surface area contributed by atoms with Crippen LogP contribution in [-0.2, 0) is 10.3 Å². The molecule has 112 valence electrons. The van der Waals surface area contributed by atoms with Gasteiger partial charge >= 0.3 is 0 Å². The number of hydrogen-bond donors (Lipinski definition) is 1.